The molecule has 2 N–H and O–H groups in total. The quantitative estimate of drug-likeness (QED) is 0.737. The van der Waals surface area contributed by atoms with Gasteiger partial charge in [0.05, 0.1) is 22.7 Å². The second-order valence-corrected chi connectivity index (χ2v) is 6.95. The average Bonchev–Trinajstić information content (AvgIpc) is 3.43. The normalized spacial score (nSPS) is 15.2. The smallest absolute Gasteiger partial charge is 0.259 e. The molecule has 1 fully saturated rings. The topological polar surface area (TPSA) is 88.2 Å². The fourth-order valence-electron chi connectivity index (χ4n) is 3.07. The van der Waals surface area contributed by atoms with E-state index in [0.717, 1.165) is 29.7 Å². The molecule has 0 bridgehead atoms. The molecule has 6 nitrogen and oxygen atoms in total. The maximum atomic E-state index is 12.8. The van der Waals surface area contributed by atoms with Crippen molar-refractivity contribution < 1.29 is 14.4 Å². The van der Waals surface area contributed by atoms with E-state index in [1.54, 1.807) is 6.92 Å². The van der Waals surface area contributed by atoms with Crippen LogP contribution in [0.4, 0.5) is 0 Å². The van der Waals surface area contributed by atoms with Gasteiger partial charge in [-0.15, -0.1) is 0 Å². The number of nitrogens with one attached hydrogen (secondary N) is 1. The van der Waals surface area contributed by atoms with Gasteiger partial charge >= 0.3 is 0 Å². The number of aliphatic hydroxyl groups is 1. The van der Waals surface area contributed by atoms with Crippen LogP contribution in [0.3, 0.4) is 0 Å². The van der Waals surface area contributed by atoms with E-state index in [9.17, 15) is 9.90 Å². The third-order valence-corrected chi connectivity index (χ3v) is 4.80. The molecule has 2 heterocycles. The van der Waals surface area contributed by atoms with E-state index in [-0.39, 0.29) is 12.5 Å². The maximum Gasteiger partial charge on any atom is 0.259 e. The highest BCUT2D eigenvalue weighted by atomic mass is 16.5. The van der Waals surface area contributed by atoms with Crippen molar-refractivity contribution >= 4 is 17.0 Å². The summed E-state index contributed by atoms with van der Waals surface area (Å²) in [6.07, 6.45) is 1.40. The Kier molecular flexibility index (Phi) is 4.20. The number of benzene rings is 1. The number of rotatable bonds is 5. The highest BCUT2D eigenvalue weighted by molar-refractivity contribution is 6.06. The number of aryl methyl sites for hydroxylation is 2. The maximum absolute atomic E-state index is 12.8. The van der Waals surface area contributed by atoms with Gasteiger partial charge in [-0.3, -0.25) is 4.79 Å². The summed E-state index contributed by atoms with van der Waals surface area (Å²) in [6, 6.07) is 9.44. The van der Waals surface area contributed by atoms with Crippen LogP contribution in [0.15, 0.2) is 34.9 Å². The van der Waals surface area contributed by atoms with Crippen LogP contribution in [-0.4, -0.2) is 27.7 Å². The summed E-state index contributed by atoms with van der Waals surface area (Å²) < 4.78 is 5.27. The van der Waals surface area contributed by atoms with Gasteiger partial charge in [0.15, 0.2) is 0 Å². The van der Waals surface area contributed by atoms with Crippen molar-refractivity contribution in [2.45, 2.75) is 38.7 Å². The molecule has 0 radical (unpaired) electrons. The van der Waals surface area contributed by atoms with Crippen molar-refractivity contribution in [3.05, 3.63) is 58.4 Å². The highest BCUT2D eigenvalue weighted by Gasteiger charge is 2.28. The van der Waals surface area contributed by atoms with Gasteiger partial charge in [0.2, 0.25) is 0 Å². The Morgan fingerprint density at radius 2 is 2.04 bits per heavy atom. The number of hydrogen-bond acceptors (Lipinski definition) is 5. The minimum Gasteiger partial charge on any atom is -0.387 e. The first-order valence-electron chi connectivity index (χ1n) is 8.82. The first-order valence-corrected chi connectivity index (χ1v) is 8.82. The Hall–Kier alpha value is -2.73. The Morgan fingerprint density at radius 1 is 1.31 bits per heavy atom. The van der Waals surface area contributed by atoms with E-state index in [0.29, 0.717) is 28.3 Å². The molecule has 1 aliphatic rings. The van der Waals surface area contributed by atoms with Gasteiger partial charge < -0.3 is 14.9 Å². The van der Waals surface area contributed by atoms with Gasteiger partial charge in [-0.1, -0.05) is 35.0 Å². The predicted molar refractivity (Wildman–Crippen MR) is 97.0 cm³/mol. The molecule has 1 amide bonds. The molecule has 134 valence electrons. The molecule has 0 saturated heterocycles. The molecule has 1 aliphatic carbocycles. The lowest BCUT2D eigenvalue weighted by Crippen LogP contribution is -2.28. The molecule has 0 spiro atoms. The summed E-state index contributed by atoms with van der Waals surface area (Å²) in [6.45, 7) is 3.92. The molecule has 2 aromatic heterocycles. The Morgan fingerprint density at radius 3 is 2.73 bits per heavy atom. The molecular formula is C20H21N3O3. The highest BCUT2D eigenvalue weighted by Crippen LogP contribution is 2.40. The van der Waals surface area contributed by atoms with Crippen molar-refractivity contribution in [2.75, 3.05) is 6.54 Å². The van der Waals surface area contributed by atoms with Crippen LogP contribution < -0.4 is 5.32 Å². The molecule has 1 aromatic carbocycles. The van der Waals surface area contributed by atoms with Crippen LogP contribution in [-0.2, 0) is 0 Å². The second-order valence-electron chi connectivity index (χ2n) is 6.95. The zero-order valence-electron chi connectivity index (χ0n) is 14.8. The van der Waals surface area contributed by atoms with Crippen LogP contribution in [0.5, 0.6) is 0 Å². The number of amides is 1. The SMILES string of the molecule is Cc1ccc([C@@H](O)CNC(=O)c2cc(C3CC3)nc3onc(C)c23)cc1. The van der Waals surface area contributed by atoms with Gasteiger partial charge in [0, 0.05) is 18.2 Å². The first-order chi connectivity index (χ1) is 12.5. The molecule has 0 unspecified atom stereocenters. The summed E-state index contributed by atoms with van der Waals surface area (Å²) in [5.74, 6) is 0.145. The van der Waals surface area contributed by atoms with Gasteiger partial charge in [-0.25, -0.2) is 4.98 Å². The lowest BCUT2D eigenvalue weighted by molar-refractivity contribution is 0.0917. The van der Waals surface area contributed by atoms with E-state index >= 15 is 0 Å². The molecule has 6 heteroatoms. The van der Waals surface area contributed by atoms with E-state index in [2.05, 4.69) is 15.5 Å². The van der Waals surface area contributed by atoms with Gasteiger partial charge in [0.25, 0.3) is 11.6 Å². The predicted octanol–water partition coefficient (Wildman–Crippen LogP) is 3.18. The van der Waals surface area contributed by atoms with E-state index in [1.165, 1.54) is 0 Å². The summed E-state index contributed by atoms with van der Waals surface area (Å²) in [4.78, 5) is 17.3. The standard InChI is InChI=1S/C20H21N3O3/c1-11-3-5-14(6-4-11)17(24)10-21-19(25)15-9-16(13-7-8-13)22-20-18(15)12(2)23-26-20/h3-6,9,13,17,24H,7-8,10H2,1-2H3,(H,21,25)/t17-/m0/s1. The number of pyridine rings is 1. The van der Waals surface area contributed by atoms with Crippen molar-refractivity contribution in [1.29, 1.82) is 0 Å². The second kappa shape index (κ2) is 6.53. The fraction of sp³-hybridized carbons (Fsp3) is 0.350. The number of carbonyl (C=O) groups is 1. The minimum atomic E-state index is -0.761. The largest absolute Gasteiger partial charge is 0.387 e. The first kappa shape index (κ1) is 16.7. The van der Waals surface area contributed by atoms with Crippen molar-refractivity contribution in [1.82, 2.24) is 15.5 Å². The van der Waals surface area contributed by atoms with Gasteiger partial charge in [-0.05, 0) is 38.3 Å². The summed E-state index contributed by atoms with van der Waals surface area (Å²) >= 11 is 0. The van der Waals surface area contributed by atoms with Crippen molar-refractivity contribution in [2.24, 2.45) is 0 Å². The monoisotopic (exact) mass is 351 g/mol. The molecular weight excluding hydrogens is 330 g/mol. The van der Waals surface area contributed by atoms with Crippen LogP contribution in [0, 0.1) is 13.8 Å². The van der Waals surface area contributed by atoms with Gasteiger partial charge in [0.1, 0.15) is 0 Å². The number of hydrogen-bond donors (Lipinski definition) is 2. The Bertz CT molecular complexity index is 958. The lowest BCUT2D eigenvalue weighted by atomic mass is 10.1. The molecule has 0 aliphatic heterocycles. The summed E-state index contributed by atoms with van der Waals surface area (Å²) in [7, 11) is 0. The van der Waals surface area contributed by atoms with Crippen LogP contribution in [0.2, 0.25) is 0 Å². The van der Waals surface area contributed by atoms with Crippen LogP contribution in [0.25, 0.3) is 11.1 Å². The van der Waals surface area contributed by atoms with Crippen LogP contribution >= 0.6 is 0 Å². The Balaban J connectivity index is 1.55. The summed E-state index contributed by atoms with van der Waals surface area (Å²) in [5, 5.41) is 17.7. The lowest BCUT2D eigenvalue weighted by Gasteiger charge is -2.13. The number of fused-ring (bicyclic) bond motifs is 1. The van der Waals surface area contributed by atoms with E-state index in [4.69, 9.17) is 4.52 Å². The van der Waals surface area contributed by atoms with Crippen molar-refractivity contribution in [3.63, 3.8) is 0 Å². The number of aliphatic hydroxyl groups excluding tert-OH is 1. The number of carbonyl (C=O) groups excluding carboxylic acids is 1. The fourth-order valence-corrected chi connectivity index (χ4v) is 3.07. The third-order valence-electron chi connectivity index (χ3n) is 4.80. The number of nitrogens with zero attached hydrogens (tertiary/aromatic N) is 2. The molecule has 1 saturated carbocycles. The van der Waals surface area contributed by atoms with Gasteiger partial charge in [-0.2, -0.15) is 0 Å². The molecule has 4 rings (SSSR count). The zero-order valence-corrected chi connectivity index (χ0v) is 14.8. The third kappa shape index (κ3) is 3.20. The minimum absolute atomic E-state index is 0.134. The molecule has 26 heavy (non-hydrogen) atoms. The molecule has 3 aromatic rings. The Labute approximate surface area is 151 Å². The van der Waals surface area contributed by atoms with Crippen molar-refractivity contribution in [3.8, 4) is 0 Å². The van der Waals surface area contributed by atoms with E-state index in [1.807, 2.05) is 37.3 Å². The molecule has 1 atom stereocenters. The van der Waals surface area contributed by atoms with E-state index < -0.39 is 6.10 Å². The zero-order chi connectivity index (χ0) is 18.3. The average molecular weight is 351 g/mol. The van der Waals surface area contributed by atoms with Crippen LogP contribution in [0.1, 0.15) is 57.7 Å². The summed E-state index contributed by atoms with van der Waals surface area (Å²) in [5.41, 5.74) is 4.31. The number of aromatic nitrogens is 2.